The number of para-hydroxylation sites is 2. The molecule has 1 heterocycles. The van der Waals surface area contributed by atoms with E-state index in [2.05, 4.69) is 77.0 Å². The quantitative estimate of drug-likeness (QED) is 0.627. The van der Waals surface area contributed by atoms with Crippen LogP contribution in [0.25, 0.3) is 11.0 Å². The summed E-state index contributed by atoms with van der Waals surface area (Å²) in [5.41, 5.74) is 3.81. The zero-order valence-corrected chi connectivity index (χ0v) is 15.0. The monoisotopic (exact) mass is 335 g/mol. The van der Waals surface area contributed by atoms with E-state index < -0.39 is 0 Å². The van der Waals surface area contributed by atoms with Crippen molar-refractivity contribution in [1.29, 1.82) is 0 Å². The van der Waals surface area contributed by atoms with Gasteiger partial charge >= 0.3 is 0 Å². The van der Waals surface area contributed by atoms with E-state index in [4.69, 9.17) is 4.74 Å². The van der Waals surface area contributed by atoms with Crippen LogP contribution in [-0.2, 0) is 18.0 Å². The molecule has 2 aromatic carbocycles. The zero-order valence-electron chi connectivity index (χ0n) is 15.0. The highest BCUT2D eigenvalue weighted by Gasteiger charge is 2.21. The summed E-state index contributed by atoms with van der Waals surface area (Å²) in [7, 11) is 0. The van der Waals surface area contributed by atoms with Gasteiger partial charge in [0.2, 0.25) is 6.33 Å². The summed E-state index contributed by atoms with van der Waals surface area (Å²) >= 11 is 0. The molecule has 1 aliphatic rings. The van der Waals surface area contributed by atoms with Crippen LogP contribution >= 0.6 is 0 Å². The first-order valence-electron chi connectivity index (χ1n) is 9.42. The van der Waals surface area contributed by atoms with Gasteiger partial charge in [-0.2, -0.15) is 0 Å². The summed E-state index contributed by atoms with van der Waals surface area (Å²) in [6, 6.07) is 19.2. The number of aromatic nitrogens is 2. The normalized spacial score (nSPS) is 20.8. The first kappa shape index (κ1) is 16.3. The van der Waals surface area contributed by atoms with E-state index in [1.807, 2.05) is 0 Å². The van der Waals surface area contributed by atoms with E-state index in [1.54, 1.807) is 0 Å². The van der Waals surface area contributed by atoms with Gasteiger partial charge in [0.25, 0.3) is 0 Å². The van der Waals surface area contributed by atoms with Gasteiger partial charge in [-0.3, -0.25) is 0 Å². The Kier molecular flexibility index (Phi) is 4.84. The highest BCUT2D eigenvalue weighted by Crippen LogP contribution is 2.26. The second-order valence-electron chi connectivity index (χ2n) is 7.37. The summed E-state index contributed by atoms with van der Waals surface area (Å²) in [5, 5.41) is 0. The molecular formula is C22H27N2O+. The highest BCUT2D eigenvalue weighted by atomic mass is 16.5. The summed E-state index contributed by atoms with van der Waals surface area (Å²) in [6.07, 6.45) is 7.61. The van der Waals surface area contributed by atoms with E-state index in [-0.39, 0.29) is 0 Å². The van der Waals surface area contributed by atoms with Gasteiger partial charge < -0.3 is 4.74 Å². The molecule has 1 saturated carbocycles. The molecule has 0 amide bonds. The van der Waals surface area contributed by atoms with Crippen LogP contribution in [-0.4, -0.2) is 10.7 Å². The average Bonchev–Trinajstić information content (AvgIpc) is 3.00. The van der Waals surface area contributed by atoms with Crippen molar-refractivity contribution in [2.75, 3.05) is 0 Å². The molecule has 4 rings (SSSR count). The van der Waals surface area contributed by atoms with E-state index in [9.17, 15) is 0 Å². The molecule has 3 heteroatoms. The van der Waals surface area contributed by atoms with Gasteiger partial charge in [0.1, 0.15) is 6.54 Å². The van der Waals surface area contributed by atoms with E-state index >= 15 is 0 Å². The number of hydrogen-bond donors (Lipinski definition) is 0. The predicted molar refractivity (Wildman–Crippen MR) is 100 cm³/mol. The molecule has 0 N–H and O–H groups in total. The Bertz CT molecular complexity index is 816. The van der Waals surface area contributed by atoms with Crippen molar-refractivity contribution in [3.05, 3.63) is 66.5 Å². The molecule has 1 fully saturated rings. The third kappa shape index (κ3) is 3.77. The number of imidazole rings is 1. The fraction of sp³-hybridized carbons (Fsp3) is 0.409. The number of rotatable bonds is 5. The Morgan fingerprint density at radius 1 is 0.960 bits per heavy atom. The SMILES string of the molecule is CC1CCC(OCn2c[n+](Cc3ccccc3)c3ccccc32)CC1. The van der Waals surface area contributed by atoms with Crippen molar-refractivity contribution in [1.82, 2.24) is 4.57 Å². The van der Waals surface area contributed by atoms with Crippen molar-refractivity contribution in [2.45, 2.75) is 52.0 Å². The minimum Gasteiger partial charge on any atom is -0.338 e. The van der Waals surface area contributed by atoms with E-state index in [0.29, 0.717) is 12.8 Å². The number of nitrogens with zero attached hydrogens (tertiary/aromatic N) is 2. The van der Waals surface area contributed by atoms with E-state index in [1.165, 1.54) is 42.3 Å². The van der Waals surface area contributed by atoms with Crippen LogP contribution in [0.1, 0.15) is 38.2 Å². The van der Waals surface area contributed by atoms with Gasteiger partial charge in [0, 0.05) is 0 Å². The fourth-order valence-electron chi connectivity index (χ4n) is 3.83. The first-order valence-corrected chi connectivity index (χ1v) is 9.42. The van der Waals surface area contributed by atoms with Crippen molar-refractivity contribution >= 4 is 11.0 Å². The molecule has 1 aromatic heterocycles. The van der Waals surface area contributed by atoms with Gasteiger partial charge in [-0.15, -0.1) is 0 Å². The third-order valence-electron chi connectivity index (χ3n) is 5.39. The van der Waals surface area contributed by atoms with Crippen LogP contribution in [0.4, 0.5) is 0 Å². The Balaban J connectivity index is 1.53. The lowest BCUT2D eigenvalue weighted by Gasteiger charge is -2.25. The van der Waals surface area contributed by atoms with E-state index in [0.717, 1.165) is 12.5 Å². The maximum absolute atomic E-state index is 6.24. The Labute approximate surface area is 149 Å². The van der Waals surface area contributed by atoms with Crippen LogP contribution < -0.4 is 4.57 Å². The Hall–Kier alpha value is -2.13. The number of hydrogen-bond acceptors (Lipinski definition) is 1. The van der Waals surface area contributed by atoms with Crippen LogP contribution in [0.2, 0.25) is 0 Å². The molecule has 130 valence electrons. The van der Waals surface area contributed by atoms with Gasteiger partial charge in [-0.1, -0.05) is 49.4 Å². The summed E-state index contributed by atoms with van der Waals surface area (Å²) < 4.78 is 10.8. The predicted octanol–water partition coefficient (Wildman–Crippen LogP) is 4.53. The Morgan fingerprint density at radius 2 is 1.68 bits per heavy atom. The van der Waals surface area contributed by atoms with Crippen molar-refractivity contribution in [3.63, 3.8) is 0 Å². The molecule has 0 radical (unpaired) electrons. The Morgan fingerprint density at radius 3 is 2.48 bits per heavy atom. The zero-order chi connectivity index (χ0) is 17.1. The summed E-state index contributed by atoms with van der Waals surface area (Å²) in [6.45, 7) is 3.87. The molecule has 1 aliphatic carbocycles. The molecular weight excluding hydrogens is 308 g/mol. The lowest BCUT2D eigenvalue weighted by atomic mass is 9.89. The third-order valence-corrected chi connectivity index (χ3v) is 5.39. The maximum Gasteiger partial charge on any atom is 0.246 e. The van der Waals surface area contributed by atoms with Crippen molar-refractivity contribution in [3.8, 4) is 0 Å². The molecule has 0 aliphatic heterocycles. The second kappa shape index (κ2) is 7.40. The highest BCUT2D eigenvalue weighted by molar-refractivity contribution is 5.71. The van der Waals surface area contributed by atoms with Crippen LogP contribution in [0, 0.1) is 5.92 Å². The number of ether oxygens (including phenoxy) is 1. The lowest BCUT2D eigenvalue weighted by Crippen LogP contribution is -2.33. The standard InChI is InChI=1S/C22H27N2O/c1-18-11-13-20(14-12-18)25-17-24-16-23(15-19-7-3-2-4-8-19)21-9-5-6-10-22(21)24/h2-10,16,18,20H,11-15,17H2,1H3/q+1. The van der Waals surface area contributed by atoms with Gasteiger partial charge in [0.15, 0.2) is 17.8 Å². The van der Waals surface area contributed by atoms with Crippen molar-refractivity contribution in [2.24, 2.45) is 5.92 Å². The summed E-state index contributed by atoms with van der Waals surface area (Å²) in [4.78, 5) is 0. The molecule has 3 nitrogen and oxygen atoms in total. The van der Waals surface area contributed by atoms with Crippen LogP contribution in [0.3, 0.4) is 0 Å². The topological polar surface area (TPSA) is 18.0 Å². The second-order valence-corrected chi connectivity index (χ2v) is 7.37. The smallest absolute Gasteiger partial charge is 0.246 e. The first-order chi connectivity index (χ1) is 12.3. The fourth-order valence-corrected chi connectivity index (χ4v) is 3.83. The largest absolute Gasteiger partial charge is 0.338 e. The van der Waals surface area contributed by atoms with Crippen molar-refractivity contribution < 1.29 is 9.30 Å². The minimum absolute atomic E-state index is 0.417. The molecule has 0 unspecified atom stereocenters. The number of benzene rings is 2. The lowest BCUT2D eigenvalue weighted by molar-refractivity contribution is -0.663. The average molecular weight is 335 g/mol. The molecule has 0 atom stereocenters. The minimum atomic E-state index is 0.417. The van der Waals surface area contributed by atoms with Gasteiger partial charge in [0.05, 0.1) is 6.10 Å². The maximum atomic E-state index is 6.24. The number of fused-ring (bicyclic) bond motifs is 1. The molecule has 0 bridgehead atoms. The van der Waals surface area contributed by atoms with Gasteiger partial charge in [-0.05, 0) is 49.3 Å². The molecule has 0 saturated heterocycles. The van der Waals surface area contributed by atoms with Gasteiger partial charge in [-0.25, -0.2) is 9.13 Å². The molecule has 25 heavy (non-hydrogen) atoms. The summed E-state index contributed by atoms with van der Waals surface area (Å²) in [5.74, 6) is 0.861. The molecule has 0 spiro atoms. The molecule has 3 aromatic rings. The van der Waals surface area contributed by atoms with Crippen LogP contribution in [0.5, 0.6) is 0 Å². The van der Waals surface area contributed by atoms with Crippen LogP contribution in [0.15, 0.2) is 60.9 Å².